The summed E-state index contributed by atoms with van der Waals surface area (Å²) in [4.78, 5) is 23.8. The van der Waals surface area contributed by atoms with E-state index in [4.69, 9.17) is 14.6 Å². The van der Waals surface area contributed by atoms with Gasteiger partial charge in [0.2, 0.25) is 0 Å². The maximum Gasteiger partial charge on any atom is 0.326 e. The van der Waals surface area contributed by atoms with Crippen molar-refractivity contribution in [2.45, 2.75) is 19.9 Å². The second-order valence-corrected chi connectivity index (χ2v) is 4.19. The number of hydrogen-bond acceptors (Lipinski definition) is 4. The monoisotopic (exact) mass is 281 g/mol. The highest BCUT2D eigenvalue weighted by atomic mass is 16.5. The molecule has 6 nitrogen and oxygen atoms in total. The quantitative estimate of drug-likeness (QED) is 0.817. The molecule has 20 heavy (non-hydrogen) atoms. The number of aliphatic carboxylic acids is 1. The van der Waals surface area contributed by atoms with E-state index < -0.39 is 17.9 Å². The van der Waals surface area contributed by atoms with E-state index in [1.165, 1.54) is 14.0 Å². The second kappa shape index (κ2) is 7.37. The minimum absolute atomic E-state index is 0.238. The van der Waals surface area contributed by atoms with Crippen molar-refractivity contribution in [1.29, 1.82) is 0 Å². The Morgan fingerprint density at radius 2 is 1.80 bits per heavy atom. The summed E-state index contributed by atoms with van der Waals surface area (Å²) >= 11 is 0. The Morgan fingerprint density at radius 3 is 2.30 bits per heavy atom. The summed E-state index contributed by atoms with van der Waals surface area (Å²) in [5.41, 5.74) is 0. The lowest BCUT2D eigenvalue weighted by Crippen LogP contribution is -2.42. The van der Waals surface area contributed by atoms with Crippen LogP contribution in [0.1, 0.15) is 13.8 Å². The van der Waals surface area contributed by atoms with Crippen LogP contribution in [0.25, 0.3) is 0 Å². The zero-order chi connectivity index (χ0) is 15.1. The molecule has 1 unspecified atom stereocenters. The fraction of sp³-hybridized carbons (Fsp3) is 0.429. The van der Waals surface area contributed by atoms with Gasteiger partial charge in [-0.15, -0.1) is 0 Å². The van der Waals surface area contributed by atoms with Crippen molar-refractivity contribution in [1.82, 2.24) is 4.90 Å². The Labute approximate surface area is 117 Å². The zero-order valence-electron chi connectivity index (χ0n) is 11.8. The second-order valence-electron chi connectivity index (χ2n) is 4.19. The topological polar surface area (TPSA) is 76.1 Å². The van der Waals surface area contributed by atoms with Gasteiger partial charge in [-0.2, -0.15) is 0 Å². The Bertz CT molecular complexity index is 474. The SMILES string of the molecule is CCOc1ccccc1OCC(=O)N(C)C(C)C(=O)O. The van der Waals surface area contributed by atoms with Crippen molar-refractivity contribution >= 4 is 11.9 Å². The number of carbonyl (C=O) groups excluding carboxylic acids is 1. The van der Waals surface area contributed by atoms with E-state index in [1.807, 2.05) is 6.92 Å². The predicted octanol–water partition coefficient (Wildman–Crippen LogP) is 1.40. The number of rotatable bonds is 7. The highest BCUT2D eigenvalue weighted by Gasteiger charge is 2.22. The first kappa shape index (κ1) is 15.8. The molecule has 1 atom stereocenters. The van der Waals surface area contributed by atoms with Gasteiger partial charge in [0.1, 0.15) is 6.04 Å². The summed E-state index contributed by atoms with van der Waals surface area (Å²) in [7, 11) is 1.43. The number of carboxylic acids is 1. The van der Waals surface area contributed by atoms with Crippen LogP contribution in [0, 0.1) is 0 Å². The number of hydrogen-bond donors (Lipinski definition) is 1. The van der Waals surface area contributed by atoms with Gasteiger partial charge < -0.3 is 19.5 Å². The van der Waals surface area contributed by atoms with Gasteiger partial charge in [0.05, 0.1) is 6.61 Å². The molecule has 0 aliphatic carbocycles. The molecule has 0 heterocycles. The molecule has 0 saturated heterocycles. The number of carboxylic acid groups (broad SMARTS) is 1. The van der Waals surface area contributed by atoms with E-state index in [1.54, 1.807) is 24.3 Å². The third-order valence-electron chi connectivity index (χ3n) is 2.83. The molecule has 0 radical (unpaired) electrons. The van der Waals surface area contributed by atoms with E-state index in [-0.39, 0.29) is 6.61 Å². The fourth-order valence-corrected chi connectivity index (χ4v) is 1.47. The summed E-state index contributed by atoms with van der Waals surface area (Å²) < 4.78 is 10.8. The van der Waals surface area contributed by atoms with Crippen LogP contribution in [-0.4, -0.2) is 48.2 Å². The van der Waals surface area contributed by atoms with Crippen LogP contribution in [0.15, 0.2) is 24.3 Å². The Kier molecular flexibility index (Phi) is 5.83. The van der Waals surface area contributed by atoms with E-state index in [0.717, 1.165) is 4.90 Å². The van der Waals surface area contributed by atoms with Gasteiger partial charge >= 0.3 is 5.97 Å². The first-order valence-electron chi connectivity index (χ1n) is 6.30. The van der Waals surface area contributed by atoms with Gasteiger partial charge in [-0.25, -0.2) is 4.79 Å². The van der Waals surface area contributed by atoms with Crippen LogP contribution in [0.5, 0.6) is 11.5 Å². The molecule has 1 amide bonds. The maximum atomic E-state index is 11.8. The third-order valence-corrected chi connectivity index (χ3v) is 2.83. The van der Waals surface area contributed by atoms with Crippen molar-refractivity contribution in [3.8, 4) is 11.5 Å². The lowest BCUT2D eigenvalue weighted by Gasteiger charge is -2.21. The Morgan fingerprint density at radius 1 is 1.25 bits per heavy atom. The fourth-order valence-electron chi connectivity index (χ4n) is 1.47. The number of benzene rings is 1. The molecule has 0 spiro atoms. The summed E-state index contributed by atoms with van der Waals surface area (Å²) in [5.74, 6) is -0.461. The van der Waals surface area contributed by atoms with E-state index >= 15 is 0 Å². The average molecular weight is 281 g/mol. The molecule has 0 aliphatic rings. The zero-order valence-corrected chi connectivity index (χ0v) is 11.8. The molecule has 0 fully saturated rings. The maximum absolute atomic E-state index is 11.8. The van der Waals surface area contributed by atoms with E-state index in [0.29, 0.717) is 18.1 Å². The first-order valence-corrected chi connectivity index (χ1v) is 6.30. The van der Waals surface area contributed by atoms with E-state index in [2.05, 4.69) is 0 Å². The standard InChI is InChI=1S/C14H19NO5/c1-4-19-11-7-5-6-8-12(11)20-9-13(16)15(3)10(2)14(17)18/h5-8,10H,4,9H2,1-3H3,(H,17,18). The molecule has 110 valence electrons. The molecule has 1 rings (SSSR count). The van der Waals surface area contributed by atoms with Crippen molar-refractivity contribution in [2.24, 2.45) is 0 Å². The summed E-state index contributed by atoms with van der Waals surface area (Å²) in [6, 6.07) is 6.11. The molecule has 1 aromatic carbocycles. The molecule has 0 saturated carbocycles. The normalized spacial score (nSPS) is 11.6. The van der Waals surface area contributed by atoms with Gasteiger partial charge in [-0.05, 0) is 26.0 Å². The van der Waals surface area contributed by atoms with Gasteiger partial charge in [-0.1, -0.05) is 12.1 Å². The average Bonchev–Trinajstić information content (AvgIpc) is 2.44. The van der Waals surface area contributed by atoms with E-state index in [9.17, 15) is 9.59 Å². The smallest absolute Gasteiger partial charge is 0.326 e. The minimum Gasteiger partial charge on any atom is -0.490 e. The van der Waals surface area contributed by atoms with Crippen molar-refractivity contribution in [2.75, 3.05) is 20.3 Å². The number of likely N-dealkylation sites (N-methyl/N-ethyl adjacent to an activating group) is 1. The van der Waals surface area contributed by atoms with Gasteiger partial charge in [0.15, 0.2) is 18.1 Å². The summed E-state index contributed by atoms with van der Waals surface area (Å²) in [6.45, 7) is 3.54. The third kappa shape index (κ3) is 4.15. The molecular formula is C14H19NO5. The van der Waals surface area contributed by atoms with Crippen LogP contribution in [0.3, 0.4) is 0 Å². The van der Waals surface area contributed by atoms with Crippen molar-refractivity contribution < 1.29 is 24.2 Å². The number of amides is 1. The molecule has 0 aromatic heterocycles. The molecule has 0 aliphatic heterocycles. The Balaban J connectivity index is 2.63. The van der Waals surface area contributed by atoms with Crippen LogP contribution < -0.4 is 9.47 Å². The van der Waals surface area contributed by atoms with Crippen LogP contribution in [-0.2, 0) is 9.59 Å². The number of ether oxygens (including phenoxy) is 2. The lowest BCUT2D eigenvalue weighted by molar-refractivity contribution is -0.148. The molecule has 1 aromatic rings. The molecule has 6 heteroatoms. The number of para-hydroxylation sites is 2. The summed E-state index contributed by atoms with van der Waals surface area (Å²) in [6.07, 6.45) is 0. The van der Waals surface area contributed by atoms with Gasteiger partial charge in [-0.3, -0.25) is 4.79 Å². The highest BCUT2D eigenvalue weighted by molar-refractivity contribution is 5.84. The molecular weight excluding hydrogens is 262 g/mol. The largest absolute Gasteiger partial charge is 0.490 e. The molecule has 1 N–H and O–H groups in total. The lowest BCUT2D eigenvalue weighted by atomic mass is 10.3. The minimum atomic E-state index is -1.06. The van der Waals surface area contributed by atoms with Gasteiger partial charge in [0, 0.05) is 7.05 Å². The predicted molar refractivity (Wildman–Crippen MR) is 73.0 cm³/mol. The Hall–Kier alpha value is -2.24. The van der Waals surface area contributed by atoms with Crippen LogP contribution >= 0.6 is 0 Å². The number of nitrogens with zero attached hydrogens (tertiary/aromatic N) is 1. The van der Waals surface area contributed by atoms with Gasteiger partial charge in [0.25, 0.3) is 5.91 Å². The van der Waals surface area contributed by atoms with Crippen LogP contribution in [0.2, 0.25) is 0 Å². The van der Waals surface area contributed by atoms with Crippen molar-refractivity contribution in [3.63, 3.8) is 0 Å². The number of carbonyl (C=O) groups is 2. The van der Waals surface area contributed by atoms with Crippen LogP contribution in [0.4, 0.5) is 0 Å². The first-order chi connectivity index (χ1) is 9.47. The molecule has 0 bridgehead atoms. The highest BCUT2D eigenvalue weighted by Crippen LogP contribution is 2.26. The summed E-state index contributed by atoms with van der Waals surface area (Å²) in [5, 5.41) is 8.85. The van der Waals surface area contributed by atoms with Crippen molar-refractivity contribution in [3.05, 3.63) is 24.3 Å².